The lowest BCUT2D eigenvalue weighted by atomic mass is 9.89. The summed E-state index contributed by atoms with van der Waals surface area (Å²) >= 11 is 3.67. The highest BCUT2D eigenvalue weighted by atomic mass is 79.9. The largest absolute Gasteiger partial charge is 0.493 e. The van der Waals surface area contributed by atoms with Gasteiger partial charge in [-0.2, -0.15) is 0 Å². The van der Waals surface area contributed by atoms with Crippen LogP contribution in [0.3, 0.4) is 0 Å². The predicted molar refractivity (Wildman–Crippen MR) is 180 cm³/mol. The zero-order valence-corrected chi connectivity index (χ0v) is 28.7. The van der Waals surface area contributed by atoms with Gasteiger partial charge in [0.2, 0.25) is 0 Å². The quantitative estimate of drug-likeness (QED) is 0.203. The number of piperazine rings is 1. The summed E-state index contributed by atoms with van der Waals surface area (Å²) in [5, 5.41) is 0. The Morgan fingerprint density at radius 1 is 0.956 bits per heavy atom. The standard InChI is InChI=1S/C36H46BrN3O5/c1-5-45-36(42)30-24-40(15-14-27-21-32(43-3)33(44-4)22-31(27)37)25(2)34(30)28-12-9-13-29(20-28)35(41)39-18-16-38(17-19-39)23-26-10-7-6-8-11-26/h9,12-13,20-22,24,26H,5-8,10-11,14-19,23H2,1-4H3. The lowest BCUT2D eigenvalue weighted by Crippen LogP contribution is -2.49. The third-order valence-electron chi connectivity index (χ3n) is 9.32. The second-order valence-corrected chi connectivity index (χ2v) is 13.0. The van der Waals surface area contributed by atoms with Gasteiger partial charge in [0.15, 0.2) is 11.5 Å². The Kier molecular flexibility index (Phi) is 11.3. The summed E-state index contributed by atoms with van der Waals surface area (Å²) in [7, 11) is 3.24. The fourth-order valence-corrected chi connectivity index (χ4v) is 7.32. The van der Waals surface area contributed by atoms with Gasteiger partial charge in [0.1, 0.15) is 0 Å². The van der Waals surface area contributed by atoms with Gasteiger partial charge in [0.05, 0.1) is 26.4 Å². The monoisotopic (exact) mass is 679 g/mol. The number of hydrogen-bond donors (Lipinski definition) is 0. The lowest BCUT2D eigenvalue weighted by Gasteiger charge is -2.37. The van der Waals surface area contributed by atoms with Crippen LogP contribution in [0.4, 0.5) is 0 Å². The number of aryl methyl sites for hydroxylation is 2. The van der Waals surface area contributed by atoms with Gasteiger partial charge in [-0.1, -0.05) is 47.3 Å². The van der Waals surface area contributed by atoms with Crippen molar-refractivity contribution in [1.82, 2.24) is 14.4 Å². The zero-order valence-electron chi connectivity index (χ0n) is 27.1. The molecule has 2 fully saturated rings. The van der Waals surface area contributed by atoms with Crippen molar-refractivity contribution in [3.05, 3.63) is 69.5 Å². The van der Waals surface area contributed by atoms with Gasteiger partial charge in [-0.3, -0.25) is 9.69 Å². The minimum atomic E-state index is -0.368. The summed E-state index contributed by atoms with van der Waals surface area (Å²) in [5.41, 5.74) is 4.78. The molecule has 0 N–H and O–H groups in total. The number of hydrogen-bond acceptors (Lipinski definition) is 6. The van der Waals surface area contributed by atoms with E-state index < -0.39 is 0 Å². The molecule has 0 unspecified atom stereocenters. The van der Waals surface area contributed by atoms with E-state index in [0.29, 0.717) is 35.6 Å². The van der Waals surface area contributed by atoms with Crippen LogP contribution in [0.15, 0.2) is 47.1 Å². The van der Waals surface area contributed by atoms with Crippen molar-refractivity contribution in [3.63, 3.8) is 0 Å². The van der Waals surface area contributed by atoms with Gasteiger partial charge in [0.25, 0.3) is 5.91 Å². The summed E-state index contributed by atoms with van der Waals surface area (Å²) < 4.78 is 19.4. The van der Waals surface area contributed by atoms with Crippen molar-refractivity contribution in [2.45, 2.75) is 58.9 Å². The number of methoxy groups -OCH3 is 2. The summed E-state index contributed by atoms with van der Waals surface area (Å²) in [4.78, 5) is 31.4. The van der Waals surface area contributed by atoms with E-state index in [0.717, 1.165) is 65.5 Å². The smallest absolute Gasteiger partial charge is 0.340 e. The van der Waals surface area contributed by atoms with Crippen LogP contribution in [0.1, 0.15) is 71.0 Å². The summed E-state index contributed by atoms with van der Waals surface area (Å²) in [6.45, 7) is 9.23. The molecule has 1 aliphatic carbocycles. The van der Waals surface area contributed by atoms with E-state index in [1.54, 1.807) is 14.2 Å². The van der Waals surface area contributed by atoms with E-state index in [-0.39, 0.29) is 18.5 Å². The van der Waals surface area contributed by atoms with Gasteiger partial charge in [-0.15, -0.1) is 0 Å². The molecule has 1 amide bonds. The number of nitrogens with zero attached hydrogens (tertiary/aromatic N) is 3. The maximum atomic E-state index is 13.7. The Labute approximate surface area is 275 Å². The number of carbonyl (C=O) groups is 2. The van der Waals surface area contributed by atoms with Crippen molar-refractivity contribution < 1.29 is 23.8 Å². The molecule has 9 heteroatoms. The molecule has 0 radical (unpaired) electrons. The number of amides is 1. The molecule has 2 aliphatic rings. The Hall–Kier alpha value is -3.30. The molecule has 2 heterocycles. The maximum absolute atomic E-state index is 13.7. The molecule has 1 saturated carbocycles. The van der Waals surface area contributed by atoms with E-state index in [1.165, 1.54) is 32.1 Å². The predicted octanol–water partition coefficient (Wildman–Crippen LogP) is 7.00. The number of halogens is 1. The van der Waals surface area contributed by atoms with E-state index in [9.17, 15) is 9.59 Å². The van der Waals surface area contributed by atoms with E-state index >= 15 is 0 Å². The highest BCUT2D eigenvalue weighted by Crippen LogP contribution is 2.35. The van der Waals surface area contributed by atoms with Crippen LogP contribution in [0.5, 0.6) is 11.5 Å². The van der Waals surface area contributed by atoms with Crippen LogP contribution in [-0.2, 0) is 17.7 Å². The number of aromatic nitrogens is 1. The van der Waals surface area contributed by atoms with E-state index in [1.807, 2.05) is 61.3 Å². The van der Waals surface area contributed by atoms with Crippen LogP contribution >= 0.6 is 15.9 Å². The van der Waals surface area contributed by atoms with E-state index in [4.69, 9.17) is 14.2 Å². The molecule has 1 saturated heterocycles. The molecular weight excluding hydrogens is 634 g/mol. The number of carbonyl (C=O) groups excluding carboxylic acids is 2. The first kappa shape index (κ1) is 33.1. The molecule has 45 heavy (non-hydrogen) atoms. The van der Waals surface area contributed by atoms with Gasteiger partial charge in [-0.25, -0.2) is 4.79 Å². The Bertz CT molecular complexity index is 1490. The summed E-state index contributed by atoms with van der Waals surface area (Å²) in [6, 6.07) is 11.6. The molecule has 242 valence electrons. The third-order valence-corrected chi connectivity index (χ3v) is 10.1. The third kappa shape index (κ3) is 7.75. The fourth-order valence-electron chi connectivity index (χ4n) is 6.80. The Morgan fingerprint density at radius 3 is 2.36 bits per heavy atom. The number of esters is 1. The Balaban J connectivity index is 1.34. The molecule has 0 spiro atoms. The fraction of sp³-hybridized carbons (Fsp3) is 0.500. The van der Waals surface area contributed by atoms with Crippen LogP contribution in [0.25, 0.3) is 11.1 Å². The van der Waals surface area contributed by atoms with Crippen molar-refractivity contribution in [1.29, 1.82) is 0 Å². The molecule has 5 rings (SSSR count). The number of ether oxygens (including phenoxy) is 3. The van der Waals surface area contributed by atoms with Crippen molar-refractivity contribution in [2.24, 2.45) is 5.92 Å². The zero-order chi connectivity index (χ0) is 31.9. The molecule has 3 aromatic rings. The Morgan fingerprint density at radius 2 is 1.67 bits per heavy atom. The average Bonchev–Trinajstić information content (AvgIpc) is 3.40. The molecule has 8 nitrogen and oxygen atoms in total. The van der Waals surface area contributed by atoms with Gasteiger partial charge >= 0.3 is 5.97 Å². The van der Waals surface area contributed by atoms with Gasteiger partial charge in [0, 0.05) is 66.8 Å². The van der Waals surface area contributed by atoms with E-state index in [2.05, 4.69) is 25.4 Å². The lowest BCUT2D eigenvalue weighted by molar-refractivity contribution is 0.0526. The minimum Gasteiger partial charge on any atom is -0.493 e. The number of benzene rings is 2. The molecule has 0 bridgehead atoms. The first-order valence-corrected chi connectivity index (χ1v) is 17.0. The highest BCUT2D eigenvalue weighted by Gasteiger charge is 2.26. The first-order chi connectivity index (χ1) is 21.8. The topological polar surface area (TPSA) is 73.2 Å². The summed E-state index contributed by atoms with van der Waals surface area (Å²) in [5.74, 6) is 1.81. The van der Waals surface area contributed by atoms with Crippen LogP contribution < -0.4 is 9.47 Å². The molecule has 1 aromatic heterocycles. The molecular formula is C36H46BrN3O5. The first-order valence-electron chi connectivity index (χ1n) is 16.2. The van der Waals surface area contributed by atoms with Crippen molar-refractivity contribution in [3.8, 4) is 22.6 Å². The molecule has 0 atom stereocenters. The second kappa shape index (κ2) is 15.3. The highest BCUT2D eigenvalue weighted by molar-refractivity contribution is 9.10. The van der Waals surface area contributed by atoms with Crippen LogP contribution in [0.2, 0.25) is 0 Å². The van der Waals surface area contributed by atoms with Gasteiger partial charge < -0.3 is 23.7 Å². The van der Waals surface area contributed by atoms with Crippen molar-refractivity contribution in [2.75, 3.05) is 53.6 Å². The SMILES string of the molecule is CCOC(=O)c1cn(CCc2cc(OC)c(OC)cc2Br)c(C)c1-c1cccc(C(=O)N2CCN(CC3CCCCC3)CC2)c1. The molecule has 1 aliphatic heterocycles. The van der Waals surface area contributed by atoms with Crippen LogP contribution in [0, 0.1) is 12.8 Å². The normalized spacial score (nSPS) is 16.1. The molecule has 2 aromatic carbocycles. The van der Waals surface area contributed by atoms with Crippen molar-refractivity contribution >= 4 is 27.8 Å². The van der Waals surface area contributed by atoms with Gasteiger partial charge in [-0.05, 0) is 74.4 Å². The minimum absolute atomic E-state index is 0.0437. The average molecular weight is 681 g/mol. The van der Waals surface area contributed by atoms with Crippen LogP contribution in [-0.4, -0.2) is 79.8 Å². The maximum Gasteiger partial charge on any atom is 0.340 e. The number of rotatable bonds is 11. The summed E-state index contributed by atoms with van der Waals surface area (Å²) in [6.07, 6.45) is 9.34. The second-order valence-electron chi connectivity index (χ2n) is 12.1.